The molecule has 0 spiro atoms. The third kappa shape index (κ3) is 3.56. The smallest absolute Gasteiger partial charge is 0.336 e. The van der Waals surface area contributed by atoms with Gasteiger partial charge in [0.1, 0.15) is 11.3 Å². The van der Waals surface area contributed by atoms with Gasteiger partial charge in [-0.2, -0.15) is 0 Å². The average molecular weight is 358 g/mol. The Kier molecular flexibility index (Phi) is 4.48. The first-order valence-corrected chi connectivity index (χ1v) is 9.39. The molecule has 130 valence electrons. The molecule has 1 saturated carbocycles. The van der Waals surface area contributed by atoms with Crippen LogP contribution in [0.5, 0.6) is 5.75 Å². The van der Waals surface area contributed by atoms with E-state index in [1.54, 1.807) is 12.1 Å². The van der Waals surface area contributed by atoms with Crippen LogP contribution >= 0.6 is 11.8 Å². The van der Waals surface area contributed by atoms with Crippen LogP contribution in [0.2, 0.25) is 0 Å². The summed E-state index contributed by atoms with van der Waals surface area (Å²) in [4.78, 5) is 11.7. The van der Waals surface area contributed by atoms with E-state index in [0.29, 0.717) is 22.5 Å². The monoisotopic (exact) mass is 358 g/mol. The van der Waals surface area contributed by atoms with Crippen LogP contribution in [0, 0.1) is 0 Å². The minimum Gasteiger partial charge on any atom is -0.508 e. The maximum absolute atomic E-state index is 11.7. The van der Waals surface area contributed by atoms with Crippen LogP contribution in [-0.2, 0) is 5.75 Å². The Balaban J connectivity index is 1.52. The summed E-state index contributed by atoms with van der Waals surface area (Å²) in [6, 6.07) is 6.22. The summed E-state index contributed by atoms with van der Waals surface area (Å²) >= 11 is 1.40. The number of hydrogen-bond donors (Lipinski definition) is 1. The molecule has 2 heterocycles. The fourth-order valence-electron chi connectivity index (χ4n) is 3.27. The van der Waals surface area contributed by atoms with Crippen LogP contribution in [0.15, 0.2) is 43.1 Å². The van der Waals surface area contributed by atoms with Gasteiger partial charge in [-0.05, 0) is 30.5 Å². The maximum Gasteiger partial charge on any atom is 0.336 e. The highest BCUT2D eigenvalue weighted by atomic mass is 32.2. The fourth-order valence-corrected chi connectivity index (χ4v) is 4.03. The zero-order chi connectivity index (χ0) is 17.2. The summed E-state index contributed by atoms with van der Waals surface area (Å²) < 4.78 is 10.9. The van der Waals surface area contributed by atoms with Gasteiger partial charge in [-0.1, -0.05) is 31.0 Å². The molecule has 1 aliphatic rings. The van der Waals surface area contributed by atoms with Crippen LogP contribution in [0.1, 0.15) is 49.5 Å². The molecule has 0 bridgehead atoms. The van der Waals surface area contributed by atoms with E-state index in [-0.39, 0.29) is 5.75 Å². The molecule has 1 aromatic carbocycles. The van der Waals surface area contributed by atoms with Crippen LogP contribution in [0.4, 0.5) is 0 Å². The van der Waals surface area contributed by atoms with E-state index >= 15 is 0 Å². The van der Waals surface area contributed by atoms with Crippen molar-refractivity contribution in [1.82, 2.24) is 10.2 Å². The zero-order valence-electron chi connectivity index (χ0n) is 13.6. The standard InChI is InChI=1S/C18H18N2O4S/c21-13-6-7-14-12(8-16(22)23-15(14)9-13)10-25-18-20-19-17(24-18)11-4-2-1-3-5-11/h6-9,11,21H,1-5,10H2. The number of aromatic hydroxyl groups is 1. The van der Waals surface area contributed by atoms with Gasteiger partial charge in [0.2, 0.25) is 5.89 Å². The Morgan fingerprint density at radius 3 is 2.80 bits per heavy atom. The van der Waals surface area contributed by atoms with Crippen molar-refractivity contribution >= 4 is 22.7 Å². The molecule has 0 radical (unpaired) electrons. The second-order valence-corrected chi connectivity index (χ2v) is 7.23. The van der Waals surface area contributed by atoms with Crippen molar-refractivity contribution in [2.24, 2.45) is 0 Å². The predicted molar refractivity (Wildman–Crippen MR) is 93.8 cm³/mol. The average Bonchev–Trinajstić information content (AvgIpc) is 3.09. The first-order chi connectivity index (χ1) is 12.2. The van der Waals surface area contributed by atoms with Crippen molar-refractivity contribution < 1.29 is 13.9 Å². The minimum atomic E-state index is -0.442. The first-order valence-electron chi connectivity index (χ1n) is 8.41. The number of fused-ring (bicyclic) bond motifs is 1. The number of phenols is 1. The minimum absolute atomic E-state index is 0.0643. The largest absolute Gasteiger partial charge is 0.508 e. The lowest BCUT2D eigenvalue weighted by Gasteiger charge is -2.17. The van der Waals surface area contributed by atoms with E-state index in [4.69, 9.17) is 8.83 Å². The van der Waals surface area contributed by atoms with Gasteiger partial charge < -0.3 is 13.9 Å². The van der Waals surface area contributed by atoms with E-state index in [1.165, 1.54) is 43.2 Å². The molecule has 6 nitrogen and oxygen atoms in total. The molecule has 1 aliphatic carbocycles. The normalized spacial score (nSPS) is 15.7. The number of benzene rings is 1. The number of phenolic OH excluding ortho intramolecular Hbond substituents is 1. The number of rotatable bonds is 4. The van der Waals surface area contributed by atoms with Gasteiger partial charge in [-0.25, -0.2) is 4.79 Å². The fraction of sp³-hybridized carbons (Fsp3) is 0.389. The Morgan fingerprint density at radius 2 is 1.96 bits per heavy atom. The molecule has 0 saturated heterocycles. The molecular formula is C18H18N2O4S. The lowest BCUT2D eigenvalue weighted by atomic mass is 9.89. The first kappa shape index (κ1) is 16.2. The van der Waals surface area contributed by atoms with Crippen molar-refractivity contribution in [3.63, 3.8) is 0 Å². The highest BCUT2D eigenvalue weighted by Crippen LogP contribution is 2.34. The Hall–Kier alpha value is -2.28. The number of aromatic nitrogens is 2. The molecule has 3 aromatic rings. The van der Waals surface area contributed by atoms with Crippen molar-refractivity contribution in [2.45, 2.75) is 49.0 Å². The highest BCUT2D eigenvalue weighted by molar-refractivity contribution is 7.98. The Bertz CT molecular complexity index is 944. The van der Waals surface area contributed by atoms with E-state index in [1.807, 2.05) is 0 Å². The van der Waals surface area contributed by atoms with E-state index < -0.39 is 5.63 Å². The molecule has 2 aromatic heterocycles. The summed E-state index contributed by atoms with van der Waals surface area (Å²) in [5, 5.41) is 19.2. The maximum atomic E-state index is 11.7. The third-order valence-corrected chi connectivity index (χ3v) is 5.41. The summed E-state index contributed by atoms with van der Waals surface area (Å²) in [6.45, 7) is 0. The summed E-state index contributed by atoms with van der Waals surface area (Å²) in [7, 11) is 0. The third-order valence-electron chi connectivity index (χ3n) is 4.54. The van der Waals surface area contributed by atoms with Gasteiger partial charge in [-0.3, -0.25) is 0 Å². The van der Waals surface area contributed by atoms with Crippen LogP contribution < -0.4 is 5.63 Å². The van der Waals surface area contributed by atoms with Crippen molar-refractivity contribution in [3.8, 4) is 5.75 Å². The lowest BCUT2D eigenvalue weighted by Crippen LogP contribution is -2.04. The molecule has 1 N–H and O–H groups in total. The van der Waals surface area contributed by atoms with Crippen LogP contribution in [-0.4, -0.2) is 15.3 Å². The molecule has 0 amide bonds. The van der Waals surface area contributed by atoms with Gasteiger partial charge in [0, 0.05) is 29.2 Å². The van der Waals surface area contributed by atoms with Crippen molar-refractivity contribution in [2.75, 3.05) is 0 Å². The summed E-state index contributed by atoms with van der Waals surface area (Å²) in [5.41, 5.74) is 0.743. The SMILES string of the molecule is O=c1cc(CSc2nnc(C3CCCCC3)o2)c2ccc(O)cc2o1. The van der Waals surface area contributed by atoms with E-state index in [2.05, 4.69) is 10.2 Å². The molecule has 25 heavy (non-hydrogen) atoms. The summed E-state index contributed by atoms with van der Waals surface area (Å²) in [5.74, 6) is 1.68. The van der Waals surface area contributed by atoms with Gasteiger partial charge >= 0.3 is 5.63 Å². The predicted octanol–water partition coefficient (Wildman–Crippen LogP) is 4.22. The number of thioether (sulfide) groups is 1. The van der Waals surface area contributed by atoms with Gasteiger partial charge in [0.15, 0.2) is 0 Å². The quantitative estimate of drug-likeness (QED) is 0.551. The summed E-state index contributed by atoms with van der Waals surface area (Å²) in [6.07, 6.45) is 5.94. The van der Waals surface area contributed by atoms with Crippen molar-refractivity contribution in [3.05, 3.63) is 46.1 Å². The number of nitrogens with zero attached hydrogens (tertiary/aromatic N) is 2. The van der Waals surface area contributed by atoms with Gasteiger partial charge in [-0.15, -0.1) is 10.2 Å². The Labute approximate surface area is 148 Å². The van der Waals surface area contributed by atoms with Crippen molar-refractivity contribution in [1.29, 1.82) is 0 Å². The van der Waals surface area contributed by atoms with Gasteiger partial charge in [0.25, 0.3) is 5.22 Å². The second-order valence-electron chi connectivity index (χ2n) is 6.30. The Morgan fingerprint density at radius 1 is 1.12 bits per heavy atom. The molecule has 0 unspecified atom stereocenters. The zero-order valence-corrected chi connectivity index (χ0v) is 14.4. The van der Waals surface area contributed by atoms with Crippen LogP contribution in [0.25, 0.3) is 11.0 Å². The second kappa shape index (κ2) is 6.92. The topological polar surface area (TPSA) is 89.4 Å². The van der Waals surface area contributed by atoms with E-state index in [0.717, 1.165) is 29.7 Å². The van der Waals surface area contributed by atoms with Gasteiger partial charge in [0.05, 0.1) is 0 Å². The number of hydrogen-bond acceptors (Lipinski definition) is 7. The highest BCUT2D eigenvalue weighted by Gasteiger charge is 2.21. The molecule has 4 rings (SSSR count). The molecular weight excluding hydrogens is 340 g/mol. The molecule has 0 aliphatic heterocycles. The lowest BCUT2D eigenvalue weighted by molar-refractivity contribution is 0.334. The molecule has 7 heteroatoms. The van der Waals surface area contributed by atoms with E-state index in [9.17, 15) is 9.90 Å². The molecule has 1 fully saturated rings. The van der Waals surface area contributed by atoms with Crippen LogP contribution in [0.3, 0.4) is 0 Å². The molecule has 0 atom stereocenters.